The molecule has 0 saturated carbocycles. The molecule has 1 amide bonds. The van der Waals surface area contributed by atoms with Gasteiger partial charge in [-0.15, -0.1) is 0 Å². The molecule has 1 aromatic carbocycles. The largest absolute Gasteiger partial charge is 0.491 e. The average Bonchev–Trinajstić information content (AvgIpc) is 2.59. The number of ether oxygens (including phenoxy) is 1. The average molecular weight is 328 g/mol. The smallest absolute Gasteiger partial charge is 0.237 e. The van der Waals surface area contributed by atoms with E-state index < -0.39 is 0 Å². The van der Waals surface area contributed by atoms with Crippen molar-refractivity contribution in [2.45, 2.75) is 25.3 Å². The topological polar surface area (TPSA) is 58.6 Å². The van der Waals surface area contributed by atoms with Gasteiger partial charge in [-0.3, -0.25) is 4.79 Å². The number of likely N-dealkylation sites (tertiary alicyclic amines) is 1. The predicted octanol–water partition coefficient (Wildman–Crippen LogP) is 1.95. The zero-order valence-corrected chi connectivity index (χ0v) is 14.3. The second-order valence-corrected chi connectivity index (χ2v) is 6.50. The van der Waals surface area contributed by atoms with Crippen molar-refractivity contribution >= 4 is 16.8 Å². The van der Waals surface area contributed by atoms with Gasteiger partial charge in [-0.05, 0) is 45.5 Å². The lowest BCUT2D eigenvalue weighted by atomic mass is 10.0. The van der Waals surface area contributed by atoms with Gasteiger partial charge in [-0.1, -0.05) is 6.07 Å². The molecule has 0 aliphatic carbocycles. The van der Waals surface area contributed by atoms with Crippen LogP contribution in [0.1, 0.15) is 19.3 Å². The molecule has 1 fully saturated rings. The van der Waals surface area contributed by atoms with Gasteiger partial charge < -0.3 is 14.5 Å². The summed E-state index contributed by atoms with van der Waals surface area (Å²) in [6.45, 7) is 1.77. The van der Waals surface area contributed by atoms with Gasteiger partial charge in [0.1, 0.15) is 18.7 Å². The van der Waals surface area contributed by atoms with E-state index in [2.05, 4.69) is 9.97 Å². The van der Waals surface area contributed by atoms with Gasteiger partial charge in [0.05, 0.1) is 23.5 Å². The SMILES string of the molecule is CN(C)CC(=O)N1CCCC[C@H]1COc1cccc2ncncc12. The number of benzene rings is 1. The number of piperidine rings is 1. The van der Waals surface area contributed by atoms with Gasteiger partial charge in [0.15, 0.2) is 0 Å². The van der Waals surface area contributed by atoms with E-state index in [9.17, 15) is 4.79 Å². The van der Waals surface area contributed by atoms with Crippen LogP contribution in [0.3, 0.4) is 0 Å². The molecule has 2 aromatic rings. The Morgan fingerprint density at radius 3 is 3.08 bits per heavy atom. The van der Waals surface area contributed by atoms with Crippen LogP contribution in [0.25, 0.3) is 10.9 Å². The van der Waals surface area contributed by atoms with E-state index in [1.165, 1.54) is 6.33 Å². The number of carbonyl (C=O) groups excluding carboxylic acids is 1. The van der Waals surface area contributed by atoms with Crippen LogP contribution < -0.4 is 4.74 Å². The van der Waals surface area contributed by atoms with Crippen LogP contribution in [0.5, 0.6) is 5.75 Å². The van der Waals surface area contributed by atoms with Crippen LogP contribution in [0.15, 0.2) is 30.7 Å². The second-order valence-electron chi connectivity index (χ2n) is 6.50. The fraction of sp³-hybridized carbons (Fsp3) is 0.500. The number of hydrogen-bond donors (Lipinski definition) is 0. The highest BCUT2D eigenvalue weighted by Gasteiger charge is 2.27. The summed E-state index contributed by atoms with van der Waals surface area (Å²) < 4.78 is 6.06. The molecule has 128 valence electrons. The quantitative estimate of drug-likeness (QED) is 0.840. The van der Waals surface area contributed by atoms with Crippen molar-refractivity contribution in [3.63, 3.8) is 0 Å². The normalized spacial score (nSPS) is 18.1. The molecule has 6 nitrogen and oxygen atoms in total. The van der Waals surface area contributed by atoms with Crippen molar-refractivity contribution in [2.24, 2.45) is 0 Å². The fourth-order valence-corrected chi connectivity index (χ4v) is 3.15. The number of likely N-dealkylation sites (N-methyl/N-ethyl adjacent to an activating group) is 1. The van der Waals surface area contributed by atoms with E-state index in [-0.39, 0.29) is 11.9 Å². The molecule has 0 bridgehead atoms. The van der Waals surface area contributed by atoms with Gasteiger partial charge in [0.25, 0.3) is 0 Å². The lowest BCUT2D eigenvalue weighted by molar-refractivity contribution is -0.136. The maximum atomic E-state index is 12.5. The molecule has 1 aliphatic heterocycles. The minimum Gasteiger partial charge on any atom is -0.491 e. The number of carbonyl (C=O) groups is 1. The first-order valence-corrected chi connectivity index (χ1v) is 8.41. The third-order valence-corrected chi connectivity index (χ3v) is 4.34. The summed E-state index contributed by atoms with van der Waals surface area (Å²) in [7, 11) is 3.84. The van der Waals surface area contributed by atoms with Crippen molar-refractivity contribution in [3.05, 3.63) is 30.7 Å². The number of amides is 1. The van der Waals surface area contributed by atoms with Gasteiger partial charge in [-0.2, -0.15) is 0 Å². The van der Waals surface area contributed by atoms with Crippen molar-refractivity contribution in [1.82, 2.24) is 19.8 Å². The monoisotopic (exact) mass is 328 g/mol. The molecule has 1 aromatic heterocycles. The molecule has 3 rings (SSSR count). The van der Waals surface area contributed by atoms with Crippen LogP contribution in [-0.2, 0) is 4.79 Å². The Morgan fingerprint density at radius 1 is 1.38 bits per heavy atom. The van der Waals surface area contributed by atoms with Crippen LogP contribution in [-0.4, -0.2) is 65.5 Å². The number of hydrogen-bond acceptors (Lipinski definition) is 5. The molecule has 1 atom stereocenters. The zero-order valence-electron chi connectivity index (χ0n) is 14.3. The zero-order chi connectivity index (χ0) is 16.9. The number of rotatable bonds is 5. The summed E-state index contributed by atoms with van der Waals surface area (Å²) in [6.07, 6.45) is 6.50. The molecular weight excluding hydrogens is 304 g/mol. The molecule has 0 N–H and O–H groups in total. The summed E-state index contributed by atoms with van der Waals surface area (Å²) >= 11 is 0. The Morgan fingerprint density at radius 2 is 2.25 bits per heavy atom. The molecule has 24 heavy (non-hydrogen) atoms. The molecular formula is C18H24N4O2. The van der Waals surface area contributed by atoms with Crippen molar-refractivity contribution in [3.8, 4) is 5.75 Å². The minimum atomic E-state index is 0.131. The summed E-state index contributed by atoms with van der Waals surface area (Å²) in [5, 5.41) is 0.905. The standard InChI is InChI=1S/C18H24N4O2/c1-21(2)11-18(23)22-9-4-3-6-14(22)12-24-17-8-5-7-16-15(17)10-19-13-20-16/h5,7-8,10,13-14H,3-4,6,9,11-12H2,1-2H3/t14-/m0/s1. The Labute approximate surface area is 142 Å². The Kier molecular flexibility index (Phi) is 5.25. The van der Waals surface area contributed by atoms with Crippen LogP contribution >= 0.6 is 0 Å². The van der Waals surface area contributed by atoms with E-state index >= 15 is 0 Å². The van der Waals surface area contributed by atoms with Crippen molar-refractivity contribution < 1.29 is 9.53 Å². The first-order chi connectivity index (χ1) is 11.6. The van der Waals surface area contributed by atoms with E-state index in [0.29, 0.717) is 13.2 Å². The van der Waals surface area contributed by atoms with Gasteiger partial charge >= 0.3 is 0 Å². The summed E-state index contributed by atoms with van der Waals surface area (Å²) in [5.41, 5.74) is 0.867. The lowest BCUT2D eigenvalue weighted by Gasteiger charge is -2.36. The van der Waals surface area contributed by atoms with Gasteiger partial charge in [0.2, 0.25) is 5.91 Å². The lowest BCUT2D eigenvalue weighted by Crippen LogP contribution is -2.49. The highest BCUT2D eigenvalue weighted by atomic mass is 16.5. The van der Waals surface area contributed by atoms with Gasteiger partial charge in [-0.25, -0.2) is 9.97 Å². The minimum absolute atomic E-state index is 0.131. The first-order valence-electron chi connectivity index (χ1n) is 8.41. The summed E-state index contributed by atoms with van der Waals surface area (Å²) in [6, 6.07) is 5.93. The predicted molar refractivity (Wildman–Crippen MR) is 92.9 cm³/mol. The third kappa shape index (κ3) is 3.82. The van der Waals surface area contributed by atoms with Crippen molar-refractivity contribution in [1.29, 1.82) is 0 Å². The molecule has 2 heterocycles. The molecule has 1 aliphatic rings. The van der Waals surface area contributed by atoms with Crippen LogP contribution in [0.4, 0.5) is 0 Å². The summed E-state index contributed by atoms with van der Waals surface area (Å²) in [4.78, 5) is 24.7. The summed E-state index contributed by atoms with van der Waals surface area (Å²) in [5.74, 6) is 0.952. The maximum Gasteiger partial charge on any atom is 0.237 e. The molecule has 0 unspecified atom stereocenters. The fourth-order valence-electron chi connectivity index (χ4n) is 3.15. The first kappa shape index (κ1) is 16.6. The second kappa shape index (κ2) is 7.57. The highest BCUT2D eigenvalue weighted by molar-refractivity contribution is 5.84. The molecule has 1 saturated heterocycles. The highest BCUT2D eigenvalue weighted by Crippen LogP contribution is 2.25. The van der Waals surface area contributed by atoms with Crippen LogP contribution in [0, 0.1) is 0 Å². The molecule has 6 heteroatoms. The number of aromatic nitrogens is 2. The maximum absolute atomic E-state index is 12.5. The Bertz CT molecular complexity index is 699. The number of fused-ring (bicyclic) bond motifs is 1. The molecule has 0 radical (unpaired) electrons. The Balaban J connectivity index is 1.70. The number of nitrogens with zero attached hydrogens (tertiary/aromatic N) is 4. The third-order valence-electron chi connectivity index (χ3n) is 4.34. The Hall–Kier alpha value is -2.21. The van der Waals surface area contributed by atoms with Crippen LogP contribution in [0.2, 0.25) is 0 Å². The van der Waals surface area contributed by atoms with E-state index in [4.69, 9.17) is 4.74 Å². The molecule has 0 spiro atoms. The van der Waals surface area contributed by atoms with E-state index in [1.54, 1.807) is 6.20 Å². The van der Waals surface area contributed by atoms with E-state index in [1.807, 2.05) is 42.1 Å². The van der Waals surface area contributed by atoms with Gasteiger partial charge in [0, 0.05) is 12.7 Å². The van der Waals surface area contributed by atoms with Crippen molar-refractivity contribution in [2.75, 3.05) is 33.8 Å². The van der Waals surface area contributed by atoms with E-state index in [0.717, 1.165) is 42.5 Å².